The molecule has 1 amide bonds. The van der Waals surface area contributed by atoms with Crippen LogP contribution in [0.1, 0.15) is 5.56 Å². The van der Waals surface area contributed by atoms with Gasteiger partial charge in [0.05, 0.1) is 17.6 Å². The van der Waals surface area contributed by atoms with Crippen molar-refractivity contribution >= 4 is 33.6 Å². The third-order valence-electron chi connectivity index (χ3n) is 3.67. The molecule has 2 aromatic heterocycles. The monoisotopic (exact) mass is 303 g/mol. The van der Waals surface area contributed by atoms with Crippen LogP contribution in [0.5, 0.6) is 0 Å². The van der Waals surface area contributed by atoms with E-state index in [1.54, 1.807) is 6.20 Å². The van der Waals surface area contributed by atoms with Gasteiger partial charge in [-0.05, 0) is 29.8 Å². The number of carbonyl (C=O) groups is 1. The number of carbonyl (C=O) groups excluding carboxylic acids is 1. The maximum atomic E-state index is 12.3. The number of oxazole rings is 1. The van der Waals surface area contributed by atoms with Crippen molar-refractivity contribution in [1.82, 2.24) is 9.97 Å². The van der Waals surface area contributed by atoms with Gasteiger partial charge in [-0.15, -0.1) is 0 Å². The van der Waals surface area contributed by atoms with Crippen LogP contribution in [0, 0.1) is 0 Å². The Balaban J connectivity index is 1.57. The zero-order valence-electron chi connectivity index (χ0n) is 12.2. The van der Waals surface area contributed by atoms with Crippen LogP contribution < -0.4 is 5.32 Å². The molecule has 0 fully saturated rings. The third-order valence-corrected chi connectivity index (χ3v) is 3.67. The number of rotatable bonds is 3. The molecule has 0 aliphatic carbocycles. The van der Waals surface area contributed by atoms with Crippen molar-refractivity contribution in [3.8, 4) is 0 Å². The molecule has 0 atom stereocenters. The summed E-state index contributed by atoms with van der Waals surface area (Å²) in [5.41, 5.74) is 3.84. The van der Waals surface area contributed by atoms with Crippen molar-refractivity contribution in [2.24, 2.45) is 0 Å². The molecular formula is C18H13N3O2. The first-order valence-electron chi connectivity index (χ1n) is 7.25. The summed E-state index contributed by atoms with van der Waals surface area (Å²) in [4.78, 5) is 20.7. The summed E-state index contributed by atoms with van der Waals surface area (Å²) in [6, 6.07) is 15.1. The number of nitrogens with zero attached hydrogens (tertiary/aromatic N) is 2. The summed E-state index contributed by atoms with van der Waals surface area (Å²) < 4.78 is 5.26. The first-order chi connectivity index (χ1) is 11.3. The number of para-hydroxylation sites is 1. The Labute approximate surface area is 132 Å². The maximum Gasteiger partial charge on any atom is 0.228 e. The average molecular weight is 303 g/mol. The van der Waals surface area contributed by atoms with Crippen LogP contribution in [0.15, 0.2) is 65.5 Å². The lowest BCUT2D eigenvalue weighted by Gasteiger charge is -2.08. The van der Waals surface area contributed by atoms with E-state index in [0.29, 0.717) is 11.3 Å². The first kappa shape index (κ1) is 13.5. The molecule has 0 bridgehead atoms. The normalized spacial score (nSPS) is 11.0. The Hall–Kier alpha value is -3.21. The lowest BCUT2D eigenvalue weighted by molar-refractivity contribution is -0.115. The largest absolute Gasteiger partial charge is 0.443 e. The number of aromatic nitrogens is 2. The molecule has 0 saturated heterocycles. The second-order valence-corrected chi connectivity index (χ2v) is 5.26. The molecule has 0 unspecified atom stereocenters. The highest BCUT2D eigenvalue weighted by molar-refractivity contribution is 6.01. The van der Waals surface area contributed by atoms with Gasteiger partial charge in [-0.2, -0.15) is 0 Å². The van der Waals surface area contributed by atoms with Crippen LogP contribution in [0.2, 0.25) is 0 Å². The van der Waals surface area contributed by atoms with Gasteiger partial charge in [0.15, 0.2) is 12.0 Å². The standard InChI is InChI=1S/C18H13N3O2/c22-17(10-12-6-7-14-16(9-12)23-11-20-14)21-15-5-1-3-13-4-2-8-19-18(13)15/h1-9,11H,10H2,(H,21,22). The molecular weight excluding hydrogens is 290 g/mol. The number of fused-ring (bicyclic) bond motifs is 2. The minimum atomic E-state index is -0.0954. The first-order valence-corrected chi connectivity index (χ1v) is 7.25. The van der Waals surface area contributed by atoms with Gasteiger partial charge in [0.25, 0.3) is 0 Å². The molecule has 4 rings (SSSR count). The van der Waals surface area contributed by atoms with E-state index in [9.17, 15) is 4.79 Å². The number of pyridine rings is 1. The Morgan fingerprint density at radius 2 is 2.00 bits per heavy atom. The second-order valence-electron chi connectivity index (χ2n) is 5.26. The fourth-order valence-corrected chi connectivity index (χ4v) is 2.59. The van der Waals surface area contributed by atoms with Gasteiger partial charge in [-0.3, -0.25) is 9.78 Å². The molecule has 1 N–H and O–H groups in total. The molecule has 112 valence electrons. The van der Waals surface area contributed by atoms with E-state index < -0.39 is 0 Å². The Morgan fingerprint density at radius 1 is 1.09 bits per heavy atom. The Morgan fingerprint density at radius 3 is 2.96 bits per heavy atom. The van der Waals surface area contributed by atoms with Crippen LogP contribution in [-0.2, 0) is 11.2 Å². The van der Waals surface area contributed by atoms with Crippen LogP contribution in [0.4, 0.5) is 5.69 Å². The van der Waals surface area contributed by atoms with Gasteiger partial charge < -0.3 is 9.73 Å². The van der Waals surface area contributed by atoms with E-state index in [2.05, 4.69) is 15.3 Å². The lowest BCUT2D eigenvalue weighted by atomic mass is 10.1. The molecule has 23 heavy (non-hydrogen) atoms. The Bertz CT molecular complexity index is 1000. The van der Waals surface area contributed by atoms with E-state index in [1.807, 2.05) is 48.5 Å². The van der Waals surface area contributed by atoms with Crippen LogP contribution in [0.3, 0.4) is 0 Å². The fourth-order valence-electron chi connectivity index (χ4n) is 2.59. The second kappa shape index (κ2) is 5.53. The van der Waals surface area contributed by atoms with Crippen LogP contribution in [0.25, 0.3) is 22.0 Å². The molecule has 0 saturated carbocycles. The molecule has 2 heterocycles. The van der Waals surface area contributed by atoms with Crippen molar-refractivity contribution in [3.05, 3.63) is 66.7 Å². The van der Waals surface area contributed by atoms with E-state index in [4.69, 9.17) is 4.42 Å². The quantitative estimate of drug-likeness (QED) is 0.628. The predicted molar refractivity (Wildman–Crippen MR) is 88.1 cm³/mol. The summed E-state index contributed by atoms with van der Waals surface area (Å²) in [5.74, 6) is -0.0954. The van der Waals surface area contributed by atoms with Crippen molar-refractivity contribution < 1.29 is 9.21 Å². The summed E-state index contributed by atoms with van der Waals surface area (Å²) in [6.07, 6.45) is 3.38. The van der Waals surface area contributed by atoms with E-state index in [0.717, 1.165) is 22.0 Å². The molecule has 0 aliphatic rings. The maximum absolute atomic E-state index is 12.3. The van der Waals surface area contributed by atoms with Crippen LogP contribution >= 0.6 is 0 Å². The average Bonchev–Trinajstić information content (AvgIpc) is 3.03. The highest BCUT2D eigenvalue weighted by Gasteiger charge is 2.09. The lowest BCUT2D eigenvalue weighted by Crippen LogP contribution is -2.14. The molecule has 0 spiro atoms. The number of hydrogen-bond acceptors (Lipinski definition) is 4. The minimum absolute atomic E-state index is 0.0954. The predicted octanol–water partition coefficient (Wildman–Crippen LogP) is 3.56. The van der Waals surface area contributed by atoms with E-state index in [1.165, 1.54) is 6.39 Å². The van der Waals surface area contributed by atoms with Gasteiger partial charge in [0.2, 0.25) is 5.91 Å². The molecule has 5 heteroatoms. The van der Waals surface area contributed by atoms with Gasteiger partial charge in [0.1, 0.15) is 5.52 Å². The molecule has 0 aliphatic heterocycles. The topological polar surface area (TPSA) is 68.0 Å². The minimum Gasteiger partial charge on any atom is -0.443 e. The summed E-state index contributed by atoms with van der Waals surface area (Å²) in [5, 5.41) is 3.92. The van der Waals surface area contributed by atoms with E-state index in [-0.39, 0.29) is 12.3 Å². The van der Waals surface area contributed by atoms with Crippen molar-refractivity contribution in [3.63, 3.8) is 0 Å². The summed E-state index contributed by atoms with van der Waals surface area (Å²) in [6.45, 7) is 0. The fraction of sp³-hybridized carbons (Fsp3) is 0.0556. The van der Waals surface area contributed by atoms with Crippen LogP contribution in [-0.4, -0.2) is 15.9 Å². The number of anilines is 1. The van der Waals surface area contributed by atoms with Crippen molar-refractivity contribution in [2.75, 3.05) is 5.32 Å². The number of benzene rings is 2. The van der Waals surface area contributed by atoms with Gasteiger partial charge >= 0.3 is 0 Å². The highest BCUT2D eigenvalue weighted by Crippen LogP contribution is 2.21. The van der Waals surface area contributed by atoms with Gasteiger partial charge in [0, 0.05) is 11.6 Å². The zero-order chi connectivity index (χ0) is 15.6. The zero-order valence-corrected chi connectivity index (χ0v) is 12.2. The molecule has 4 aromatic rings. The number of amides is 1. The van der Waals surface area contributed by atoms with Crippen molar-refractivity contribution in [1.29, 1.82) is 0 Å². The number of hydrogen-bond donors (Lipinski definition) is 1. The SMILES string of the molecule is O=C(Cc1ccc2ncoc2c1)Nc1cccc2cccnc12. The molecule has 5 nitrogen and oxygen atoms in total. The van der Waals surface area contributed by atoms with Crippen molar-refractivity contribution in [2.45, 2.75) is 6.42 Å². The van der Waals surface area contributed by atoms with Gasteiger partial charge in [-0.25, -0.2) is 4.98 Å². The third kappa shape index (κ3) is 2.64. The van der Waals surface area contributed by atoms with Gasteiger partial charge in [-0.1, -0.05) is 24.3 Å². The molecule has 2 aromatic carbocycles. The Kier molecular flexibility index (Phi) is 3.24. The highest BCUT2D eigenvalue weighted by atomic mass is 16.3. The van der Waals surface area contributed by atoms with E-state index >= 15 is 0 Å². The summed E-state index contributed by atoms with van der Waals surface area (Å²) in [7, 11) is 0. The number of nitrogens with one attached hydrogen (secondary N) is 1. The molecule has 0 radical (unpaired) electrons. The summed E-state index contributed by atoms with van der Waals surface area (Å²) >= 11 is 0. The smallest absolute Gasteiger partial charge is 0.228 e.